The summed E-state index contributed by atoms with van der Waals surface area (Å²) in [5, 5.41) is 9.83. The number of amides is 1. The number of carboxylic acid groups (broad SMARTS) is 1. The van der Waals surface area contributed by atoms with Gasteiger partial charge < -0.3 is 14.6 Å². The Morgan fingerprint density at radius 2 is 2.11 bits per heavy atom. The summed E-state index contributed by atoms with van der Waals surface area (Å²) in [7, 11) is 0. The Kier molecular flexibility index (Phi) is 4.67. The van der Waals surface area contributed by atoms with Crippen molar-refractivity contribution in [3.8, 4) is 11.5 Å². The highest BCUT2D eigenvalue weighted by molar-refractivity contribution is 8.26. The lowest BCUT2D eigenvalue weighted by atomic mass is 10.1. The molecule has 27 heavy (non-hydrogen) atoms. The number of ether oxygens (including phenoxy) is 2. The number of nitrogens with zero attached hydrogens (tertiary/aromatic N) is 2. The predicted molar refractivity (Wildman–Crippen MR) is 105 cm³/mol. The molecule has 2 aromatic rings. The topological polar surface area (TPSA) is 89.0 Å². The molecular formula is C17H11ClN2O5S2. The van der Waals surface area contributed by atoms with Crippen LogP contribution in [-0.2, 0) is 9.59 Å². The Hall–Kier alpha value is -2.36. The molecule has 3 heterocycles. The second kappa shape index (κ2) is 6.99. The van der Waals surface area contributed by atoms with Gasteiger partial charge >= 0.3 is 5.97 Å². The molecule has 2 aliphatic rings. The van der Waals surface area contributed by atoms with Crippen molar-refractivity contribution in [1.29, 1.82) is 0 Å². The van der Waals surface area contributed by atoms with Gasteiger partial charge in [0.25, 0.3) is 5.91 Å². The lowest BCUT2D eigenvalue weighted by Crippen LogP contribution is -2.30. The summed E-state index contributed by atoms with van der Waals surface area (Å²) < 4.78 is 11.0. The van der Waals surface area contributed by atoms with Crippen molar-refractivity contribution in [2.45, 2.75) is 6.42 Å². The average Bonchev–Trinajstić information content (AvgIpc) is 3.16. The van der Waals surface area contributed by atoms with Crippen LogP contribution in [0.5, 0.6) is 11.5 Å². The normalized spacial score (nSPS) is 17.4. The summed E-state index contributed by atoms with van der Waals surface area (Å²) >= 11 is 12.6. The number of rotatable bonds is 4. The summed E-state index contributed by atoms with van der Waals surface area (Å²) in [5.74, 6) is -0.0997. The van der Waals surface area contributed by atoms with Crippen LogP contribution in [0.4, 0.5) is 0 Å². The number of carbonyl (C=O) groups is 2. The quantitative estimate of drug-likeness (QED) is 0.456. The molecule has 4 rings (SSSR count). The van der Waals surface area contributed by atoms with E-state index in [0.717, 1.165) is 17.1 Å². The smallest absolute Gasteiger partial charge is 0.305 e. The molecule has 138 valence electrons. The molecule has 10 heteroatoms. The van der Waals surface area contributed by atoms with Crippen molar-refractivity contribution in [2.75, 3.05) is 13.3 Å². The van der Waals surface area contributed by atoms with Gasteiger partial charge in [-0.05, 0) is 18.2 Å². The Bertz CT molecular complexity index is 1040. The summed E-state index contributed by atoms with van der Waals surface area (Å²) in [5.41, 5.74) is 1.21. The molecule has 1 saturated heterocycles. The number of halogens is 1. The van der Waals surface area contributed by atoms with Crippen LogP contribution in [0.1, 0.15) is 12.0 Å². The van der Waals surface area contributed by atoms with Crippen LogP contribution in [0.2, 0.25) is 5.15 Å². The fourth-order valence-electron chi connectivity index (χ4n) is 2.70. The van der Waals surface area contributed by atoms with Crippen molar-refractivity contribution < 1.29 is 24.2 Å². The Morgan fingerprint density at radius 1 is 1.37 bits per heavy atom. The summed E-state index contributed by atoms with van der Waals surface area (Å²) in [6.45, 7) is 0.190. The number of hydrogen-bond acceptors (Lipinski definition) is 7. The molecule has 0 aliphatic carbocycles. The molecule has 7 nitrogen and oxygen atoms in total. The van der Waals surface area contributed by atoms with Gasteiger partial charge in [0.1, 0.15) is 9.47 Å². The van der Waals surface area contributed by atoms with E-state index < -0.39 is 5.97 Å². The van der Waals surface area contributed by atoms with Crippen LogP contribution in [0.3, 0.4) is 0 Å². The first-order valence-corrected chi connectivity index (χ1v) is 9.40. The van der Waals surface area contributed by atoms with Gasteiger partial charge in [-0.15, -0.1) is 0 Å². The molecule has 1 aromatic carbocycles. The number of pyridine rings is 1. The molecule has 0 saturated carbocycles. The van der Waals surface area contributed by atoms with Crippen LogP contribution < -0.4 is 9.47 Å². The van der Waals surface area contributed by atoms with Crippen molar-refractivity contribution >= 4 is 68.8 Å². The van der Waals surface area contributed by atoms with Gasteiger partial charge in [0.05, 0.1) is 16.8 Å². The first-order valence-electron chi connectivity index (χ1n) is 7.79. The maximum absolute atomic E-state index is 12.5. The first-order chi connectivity index (χ1) is 12.9. The Morgan fingerprint density at radius 3 is 2.85 bits per heavy atom. The van der Waals surface area contributed by atoms with Crippen LogP contribution in [0.25, 0.3) is 17.0 Å². The highest BCUT2D eigenvalue weighted by Crippen LogP contribution is 2.38. The standard InChI is InChI=1S/C17H11ClN2O5S2/c18-15-9(3-8-4-11-12(25-7-24-11)6-10(8)19-15)5-13-16(23)20(17(26)27-13)2-1-14(21)22/h3-6H,1-2,7H2,(H,21,22)/b13-5-. The molecule has 0 atom stereocenters. The molecular weight excluding hydrogens is 412 g/mol. The predicted octanol–water partition coefficient (Wildman–Crippen LogP) is 3.29. The van der Waals surface area contributed by atoms with Crippen molar-refractivity contribution in [3.63, 3.8) is 0 Å². The van der Waals surface area contributed by atoms with E-state index in [4.69, 9.17) is 38.4 Å². The van der Waals surface area contributed by atoms with Crippen molar-refractivity contribution in [1.82, 2.24) is 9.88 Å². The van der Waals surface area contributed by atoms with Gasteiger partial charge in [0.15, 0.2) is 11.5 Å². The van der Waals surface area contributed by atoms with E-state index in [1.807, 2.05) is 0 Å². The zero-order valence-corrected chi connectivity index (χ0v) is 16.0. The number of fused-ring (bicyclic) bond motifs is 2. The molecule has 0 unspecified atom stereocenters. The highest BCUT2D eigenvalue weighted by Gasteiger charge is 2.32. The maximum atomic E-state index is 12.5. The average molecular weight is 423 g/mol. The summed E-state index contributed by atoms with van der Waals surface area (Å²) in [6.07, 6.45) is 1.44. The number of aliphatic carboxylic acids is 1. The monoisotopic (exact) mass is 422 g/mol. The number of thiocarbonyl (C=S) groups is 1. The molecule has 1 fully saturated rings. The molecule has 0 radical (unpaired) electrons. The number of benzene rings is 1. The zero-order valence-electron chi connectivity index (χ0n) is 13.6. The lowest BCUT2D eigenvalue weighted by molar-refractivity contribution is -0.137. The molecule has 1 aromatic heterocycles. The minimum atomic E-state index is -0.992. The number of hydrogen-bond donors (Lipinski definition) is 1. The van der Waals surface area contributed by atoms with Gasteiger partial charge in [-0.1, -0.05) is 35.6 Å². The summed E-state index contributed by atoms with van der Waals surface area (Å²) in [4.78, 5) is 29.3. The second-order valence-electron chi connectivity index (χ2n) is 5.74. The molecule has 0 bridgehead atoms. The van der Waals surface area contributed by atoms with E-state index in [0.29, 0.717) is 31.8 Å². The Balaban J connectivity index is 1.67. The van der Waals surface area contributed by atoms with Crippen LogP contribution in [-0.4, -0.2) is 44.5 Å². The van der Waals surface area contributed by atoms with Gasteiger partial charge in [0, 0.05) is 23.6 Å². The number of aromatic nitrogens is 1. The fraction of sp³-hybridized carbons (Fsp3) is 0.176. The molecule has 1 amide bonds. The molecule has 1 N–H and O–H groups in total. The minimum Gasteiger partial charge on any atom is -0.481 e. The number of carbonyl (C=O) groups excluding carboxylic acids is 1. The van der Waals surface area contributed by atoms with E-state index in [-0.39, 0.29) is 30.8 Å². The molecule has 2 aliphatic heterocycles. The van der Waals surface area contributed by atoms with E-state index >= 15 is 0 Å². The number of thioether (sulfide) groups is 1. The zero-order chi connectivity index (χ0) is 19.1. The van der Waals surface area contributed by atoms with Crippen LogP contribution in [0, 0.1) is 0 Å². The second-order valence-corrected chi connectivity index (χ2v) is 7.78. The maximum Gasteiger partial charge on any atom is 0.305 e. The first kappa shape index (κ1) is 18.0. The summed E-state index contributed by atoms with van der Waals surface area (Å²) in [6, 6.07) is 5.35. The number of carboxylic acids is 1. The fourth-order valence-corrected chi connectivity index (χ4v) is 4.20. The van der Waals surface area contributed by atoms with Crippen LogP contribution >= 0.6 is 35.6 Å². The van der Waals surface area contributed by atoms with Gasteiger partial charge in [-0.2, -0.15) is 0 Å². The van der Waals surface area contributed by atoms with E-state index in [1.54, 1.807) is 24.3 Å². The molecule has 0 spiro atoms. The van der Waals surface area contributed by atoms with Gasteiger partial charge in [-0.25, -0.2) is 4.98 Å². The van der Waals surface area contributed by atoms with Gasteiger partial charge in [-0.3, -0.25) is 14.5 Å². The Labute approximate surface area is 167 Å². The third kappa shape index (κ3) is 3.45. The lowest BCUT2D eigenvalue weighted by Gasteiger charge is -2.12. The largest absolute Gasteiger partial charge is 0.481 e. The highest BCUT2D eigenvalue weighted by atomic mass is 35.5. The van der Waals surface area contributed by atoms with Crippen molar-refractivity contribution in [2.24, 2.45) is 0 Å². The SMILES string of the molecule is O=C(O)CCN1C(=O)/C(=C/c2cc3cc4c(cc3nc2Cl)OCO4)SC1=S. The third-order valence-electron chi connectivity index (χ3n) is 4.00. The van der Waals surface area contributed by atoms with Gasteiger partial charge in [0.2, 0.25) is 6.79 Å². The minimum absolute atomic E-state index is 0.0323. The van der Waals surface area contributed by atoms with Crippen molar-refractivity contribution in [3.05, 3.63) is 33.8 Å². The van der Waals surface area contributed by atoms with E-state index in [1.165, 1.54) is 4.90 Å². The van der Waals surface area contributed by atoms with Crippen LogP contribution in [0.15, 0.2) is 23.1 Å². The third-order valence-corrected chi connectivity index (χ3v) is 5.68. The van der Waals surface area contributed by atoms with E-state index in [2.05, 4.69) is 4.98 Å². The van der Waals surface area contributed by atoms with E-state index in [9.17, 15) is 9.59 Å².